The number of amides is 1. The van der Waals surface area contributed by atoms with Gasteiger partial charge in [0.05, 0.1) is 24.1 Å². The lowest BCUT2D eigenvalue weighted by Gasteiger charge is -2.49. The molecule has 8 heteroatoms. The molecule has 0 N–H and O–H groups in total. The second kappa shape index (κ2) is 6.21. The van der Waals surface area contributed by atoms with Crippen LogP contribution in [0.25, 0.3) is 11.3 Å². The molecule has 0 unspecified atom stereocenters. The first kappa shape index (κ1) is 17.8. The molecule has 144 valence electrons. The summed E-state index contributed by atoms with van der Waals surface area (Å²) in [6.45, 7) is 11.1. The van der Waals surface area contributed by atoms with Crippen LogP contribution in [0.4, 0.5) is 10.6 Å². The number of rotatable bonds is 2. The van der Waals surface area contributed by atoms with Gasteiger partial charge < -0.3 is 19.1 Å². The van der Waals surface area contributed by atoms with Crippen LogP contribution in [0.15, 0.2) is 4.52 Å². The van der Waals surface area contributed by atoms with Crippen LogP contribution in [0, 0.1) is 33.1 Å². The van der Waals surface area contributed by atoms with Crippen molar-refractivity contribution in [1.29, 1.82) is 0 Å². The lowest BCUT2D eigenvalue weighted by molar-refractivity contribution is 0.123. The van der Waals surface area contributed by atoms with Gasteiger partial charge in [0.15, 0.2) is 0 Å². The molecule has 1 amide bonds. The Hall–Kier alpha value is -2.64. The van der Waals surface area contributed by atoms with Gasteiger partial charge in [-0.2, -0.15) is 0 Å². The number of carbonyl (C=O) groups excluding carboxylic acids is 1. The van der Waals surface area contributed by atoms with Gasteiger partial charge in [-0.3, -0.25) is 0 Å². The van der Waals surface area contributed by atoms with Crippen molar-refractivity contribution in [3.8, 4) is 11.3 Å². The van der Waals surface area contributed by atoms with Crippen molar-refractivity contribution in [1.82, 2.24) is 20.0 Å². The number of methoxy groups -OCH3 is 1. The number of anilines is 1. The molecular formula is C19H25N5O3. The second-order valence-corrected chi connectivity index (χ2v) is 7.76. The van der Waals surface area contributed by atoms with Gasteiger partial charge in [-0.05, 0) is 34.1 Å². The van der Waals surface area contributed by atoms with Crippen molar-refractivity contribution in [2.24, 2.45) is 5.41 Å². The van der Waals surface area contributed by atoms with Crippen molar-refractivity contribution in [2.75, 3.05) is 38.2 Å². The largest absolute Gasteiger partial charge is 0.453 e. The monoisotopic (exact) mass is 371 g/mol. The topological polar surface area (TPSA) is 84.6 Å². The van der Waals surface area contributed by atoms with Crippen molar-refractivity contribution in [3.05, 3.63) is 22.8 Å². The molecule has 2 aliphatic heterocycles. The molecular weight excluding hydrogens is 346 g/mol. The van der Waals surface area contributed by atoms with Gasteiger partial charge in [0.1, 0.15) is 17.4 Å². The van der Waals surface area contributed by atoms with E-state index in [2.05, 4.69) is 22.0 Å². The maximum atomic E-state index is 11.8. The Morgan fingerprint density at radius 2 is 1.89 bits per heavy atom. The van der Waals surface area contributed by atoms with Crippen LogP contribution in [-0.2, 0) is 4.74 Å². The molecule has 2 aliphatic rings. The highest BCUT2D eigenvalue weighted by Gasteiger charge is 2.49. The first-order valence-corrected chi connectivity index (χ1v) is 9.20. The zero-order chi connectivity index (χ0) is 19.3. The van der Waals surface area contributed by atoms with Gasteiger partial charge in [-0.1, -0.05) is 5.16 Å². The summed E-state index contributed by atoms with van der Waals surface area (Å²) in [5.74, 6) is 2.46. The van der Waals surface area contributed by atoms with Gasteiger partial charge in [0.25, 0.3) is 0 Å². The fraction of sp³-hybridized carbons (Fsp3) is 0.579. The number of carbonyl (C=O) groups is 1. The molecule has 0 aliphatic carbocycles. The summed E-state index contributed by atoms with van der Waals surface area (Å²) >= 11 is 0. The molecule has 2 fully saturated rings. The van der Waals surface area contributed by atoms with E-state index in [1.54, 1.807) is 4.90 Å². The number of ether oxygens (including phenoxy) is 1. The summed E-state index contributed by atoms with van der Waals surface area (Å²) in [5, 5.41) is 4.06. The summed E-state index contributed by atoms with van der Waals surface area (Å²) in [4.78, 5) is 25.2. The van der Waals surface area contributed by atoms with Gasteiger partial charge >= 0.3 is 6.09 Å². The van der Waals surface area contributed by atoms with E-state index in [9.17, 15) is 4.79 Å². The fourth-order valence-corrected chi connectivity index (χ4v) is 4.38. The van der Waals surface area contributed by atoms with Crippen LogP contribution in [-0.4, -0.2) is 59.4 Å². The Labute approximate surface area is 158 Å². The molecule has 4 rings (SSSR count). The summed E-state index contributed by atoms with van der Waals surface area (Å²) in [5.41, 5.74) is 3.85. The van der Waals surface area contributed by atoms with Crippen LogP contribution in [0.3, 0.4) is 0 Å². The average molecular weight is 371 g/mol. The van der Waals surface area contributed by atoms with Crippen molar-refractivity contribution >= 4 is 11.9 Å². The molecule has 0 bridgehead atoms. The fourth-order valence-electron chi connectivity index (χ4n) is 4.38. The first-order valence-electron chi connectivity index (χ1n) is 9.20. The average Bonchev–Trinajstić information content (AvgIpc) is 3.19. The quantitative estimate of drug-likeness (QED) is 0.802. The molecule has 0 aromatic carbocycles. The number of nitrogens with zero attached hydrogens (tertiary/aromatic N) is 5. The summed E-state index contributed by atoms with van der Waals surface area (Å²) in [7, 11) is 1.43. The predicted octanol–water partition coefficient (Wildman–Crippen LogP) is 2.64. The molecule has 2 saturated heterocycles. The third kappa shape index (κ3) is 2.83. The molecule has 2 aromatic heterocycles. The molecule has 27 heavy (non-hydrogen) atoms. The van der Waals surface area contributed by atoms with E-state index in [4.69, 9.17) is 14.2 Å². The molecule has 4 heterocycles. The standard InChI is InChI=1S/C19H25N5O3/c1-11-16(15-12(2)22-27-13(15)3)20-14(4)21-17(11)24-9-19(10-24)6-7-23(8-19)18(25)26-5/h6-10H2,1-5H3. The van der Waals surface area contributed by atoms with Gasteiger partial charge in [-0.25, -0.2) is 14.8 Å². The lowest BCUT2D eigenvalue weighted by atomic mass is 9.79. The van der Waals surface area contributed by atoms with E-state index >= 15 is 0 Å². The highest BCUT2D eigenvalue weighted by atomic mass is 16.5. The molecule has 0 radical (unpaired) electrons. The number of aromatic nitrogens is 3. The Kier molecular flexibility index (Phi) is 4.09. The Balaban J connectivity index is 1.59. The van der Waals surface area contributed by atoms with Crippen LogP contribution in [0.2, 0.25) is 0 Å². The van der Waals surface area contributed by atoms with Crippen molar-refractivity contribution < 1.29 is 14.1 Å². The van der Waals surface area contributed by atoms with E-state index in [0.29, 0.717) is 0 Å². The predicted molar refractivity (Wildman–Crippen MR) is 99.7 cm³/mol. The van der Waals surface area contributed by atoms with Crippen LogP contribution >= 0.6 is 0 Å². The van der Waals surface area contributed by atoms with E-state index in [-0.39, 0.29) is 11.5 Å². The summed E-state index contributed by atoms with van der Waals surface area (Å²) in [6, 6.07) is 0. The van der Waals surface area contributed by atoms with Gasteiger partial charge in [0.2, 0.25) is 0 Å². The molecule has 8 nitrogen and oxygen atoms in total. The summed E-state index contributed by atoms with van der Waals surface area (Å²) < 4.78 is 10.2. The third-order valence-corrected chi connectivity index (χ3v) is 5.73. The number of aryl methyl sites for hydroxylation is 3. The third-order valence-electron chi connectivity index (χ3n) is 5.73. The Morgan fingerprint density at radius 1 is 1.15 bits per heavy atom. The van der Waals surface area contributed by atoms with E-state index in [1.807, 2.05) is 20.8 Å². The maximum Gasteiger partial charge on any atom is 0.409 e. The van der Waals surface area contributed by atoms with Crippen LogP contribution in [0.5, 0.6) is 0 Å². The highest BCUT2D eigenvalue weighted by molar-refractivity contribution is 5.72. The number of hydrogen-bond donors (Lipinski definition) is 0. The molecule has 2 aromatic rings. The zero-order valence-corrected chi connectivity index (χ0v) is 16.5. The van der Waals surface area contributed by atoms with Crippen molar-refractivity contribution in [3.63, 3.8) is 0 Å². The number of hydrogen-bond acceptors (Lipinski definition) is 7. The second-order valence-electron chi connectivity index (χ2n) is 7.76. The molecule has 0 atom stereocenters. The van der Waals surface area contributed by atoms with E-state index in [0.717, 1.165) is 72.5 Å². The SMILES string of the molecule is COC(=O)N1CCC2(C1)CN(c1nc(C)nc(-c3c(C)noc3C)c1C)C2. The van der Waals surface area contributed by atoms with Crippen LogP contribution < -0.4 is 4.90 Å². The van der Waals surface area contributed by atoms with Crippen molar-refractivity contribution in [2.45, 2.75) is 34.1 Å². The minimum absolute atomic E-state index is 0.142. The Morgan fingerprint density at radius 3 is 2.52 bits per heavy atom. The van der Waals surface area contributed by atoms with E-state index in [1.165, 1.54) is 7.11 Å². The van der Waals surface area contributed by atoms with E-state index < -0.39 is 0 Å². The zero-order valence-electron chi connectivity index (χ0n) is 16.5. The number of likely N-dealkylation sites (tertiary alicyclic amines) is 1. The van der Waals surface area contributed by atoms with Gasteiger partial charge in [0, 0.05) is 37.2 Å². The van der Waals surface area contributed by atoms with Gasteiger partial charge in [-0.15, -0.1) is 0 Å². The smallest absolute Gasteiger partial charge is 0.409 e. The normalized spacial score (nSPS) is 18.1. The highest BCUT2D eigenvalue weighted by Crippen LogP contribution is 2.43. The maximum absolute atomic E-state index is 11.8. The lowest BCUT2D eigenvalue weighted by Crippen LogP contribution is -2.58. The first-order chi connectivity index (χ1) is 12.8. The minimum Gasteiger partial charge on any atom is -0.453 e. The summed E-state index contributed by atoms with van der Waals surface area (Å²) in [6.07, 6.45) is 0.762. The molecule has 1 spiro atoms. The van der Waals surface area contributed by atoms with Crippen LogP contribution in [0.1, 0.15) is 29.3 Å². The Bertz CT molecular complexity index is 881. The minimum atomic E-state index is -0.236. The molecule has 0 saturated carbocycles.